The number of halogens is 1. The molecule has 0 amide bonds. The highest BCUT2D eigenvalue weighted by molar-refractivity contribution is 5.79. The Morgan fingerprint density at radius 1 is 1.47 bits per heavy atom. The van der Waals surface area contributed by atoms with E-state index in [0.29, 0.717) is 0 Å². The number of imidazole rings is 2. The highest BCUT2D eigenvalue weighted by atomic mass is 19.1. The second-order valence-electron chi connectivity index (χ2n) is 4.07. The quantitative estimate of drug-likeness (QED) is 0.722. The summed E-state index contributed by atoms with van der Waals surface area (Å²) in [5, 5.41) is 3.09. The fourth-order valence-corrected chi connectivity index (χ4v) is 2.00. The minimum absolute atomic E-state index is 0.239. The number of hydrogen-bond donors (Lipinski definition) is 2. The fraction of sp³-hybridized carbons (Fsp3) is 0.250. The van der Waals surface area contributed by atoms with E-state index < -0.39 is 0 Å². The van der Waals surface area contributed by atoms with Crippen LogP contribution in [-0.4, -0.2) is 28.0 Å². The fourth-order valence-electron chi connectivity index (χ4n) is 2.00. The Balaban J connectivity index is 2.13. The normalized spacial score (nSPS) is 11.6. The second-order valence-corrected chi connectivity index (χ2v) is 4.07. The largest absolute Gasteiger partial charge is 0.327 e. The number of H-pyrrole nitrogens is 1. The molecule has 17 heavy (non-hydrogen) atoms. The Kier molecular flexibility index (Phi) is 2.33. The second kappa shape index (κ2) is 3.85. The van der Waals surface area contributed by atoms with E-state index in [1.165, 1.54) is 12.1 Å². The summed E-state index contributed by atoms with van der Waals surface area (Å²) < 4.78 is 15.1. The van der Waals surface area contributed by atoms with Crippen LogP contribution in [0.25, 0.3) is 16.8 Å². The van der Waals surface area contributed by atoms with Crippen LogP contribution in [0.3, 0.4) is 0 Å². The predicted molar refractivity (Wildman–Crippen MR) is 64.6 cm³/mol. The summed E-state index contributed by atoms with van der Waals surface area (Å²) in [6, 6.07) is 4.63. The van der Waals surface area contributed by atoms with Gasteiger partial charge in [-0.15, -0.1) is 0 Å². The lowest BCUT2D eigenvalue weighted by atomic mass is 10.3. The van der Waals surface area contributed by atoms with E-state index in [1.54, 1.807) is 6.07 Å². The van der Waals surface area contributed by atoms with Gasteiger partial charge in [0.15, 0.2) is 0 Å². The van der Waals surface area contributed by atoms with Crippen LogP contribution < -0.4 is 5.32 Å². The van der Waals surface area contributed by atoms with Gasteiger partial charge in [-0.2, -0.15) is 0 Å². The highest BCUT2D eigenvalue weighted by Crippen LogP contribution is 2.18. The zero-order valence-electron chi connectivity index (χ0n) is 9.50. The average molecular weight is 232 g/mol. The lowest BCUT2D eigenvalue weighted by Gasteiger charge is -1.95. The van der Waals surface area contributed by atoms with Gasteiger partial charge in [-0.1, -0.05) is 0 Å². The monoisotopic (exact) mass is 232 g/mol. The lowest BCUT2D eigenvalue weighted by molar-refractivity contribution is 0.629. The molecule has 1 aromatic carbocycles. The first-order valence-electron chi connectivity index (χ1n) is 5.58. The van der Waals surface area contributed by atoms with Crippen LogP contribution in [0.4, 0.5) is 4.39 Å². The van der Waals surface area contributed by atoms with Crippen LogP contribution in [-0.2, 0) is 6.42 Å². The van der Waals surface area contributed by atoms with Crippen molar-refractivity contribution in [1.82, 2.24) is 19.7 Å². The number of hydrogen-bond acceptors (Lipinski definition) is 2. The van der Waals surface area contributed by atoms with Crippen molar-refractivity contribution in [3.63, 3.8) is 0 Å². The van der Waals surface area contributed by atoms with E-state index >= 15 is 0 Å². The molecule has 0 unspecified atom stereocenters. The van der Waals surface area contributed by atoms with Crippen molar-refractivity contribution in [3.8, 4) is 0 Å². The first-order chi connectivity index (χ1) is 8.28. The molecule has 88 valence electrons. The first kappa shape index (κ1) is 10.3. The van der Waals surface area contributed by atoms with Crippen molar-refractivity contribution in [2.75, 3.05) is 13.6 Å². The summed E-state index contributed by atoms with van der Waals surface area (Å²) in [6.07, 6.45) is 2.87. The van der Waals surface area contributed by atoms with Crippen molar-refractivity contribution < 1.29 is 4.39 Å². The molecule has 0 aliphatic carbocycles. The molecule has 5 heteroatoms. The molecule has 2 N–H and O–H groups in total. The number of aromatic amines is 1. The van der Waals surface area contributed by atoms with E-state index in [1.807, 2.05) is 17.6 Å². The number of nitrogens with zero attached hydrogens (tertiary/aromatic N) is 2. The number of aromatic nitrogens is 3. The smallest absolute Gasteiger partial charge is 0.212 e. The maximum absolute atomic E-state index is 13.2. The molecule has 3 aromatic rings. The predicted octanol–water partition coefficient (Wildman–Crippen LogP) is 1.72. The standard InChI is InChI=1S/C12H13FN4/c1-14-5-4-9-7-17-11-6-8(13)2-3-10(11)16-12(17)15-9/h2-3,6-7,14H,4-5H2,1H3,(H,15,16). The number of nitrogens with one attached hydrogen (secondary N) is 2. The van der Waals surface area contributed by atoms with Crippen molar-refractivity contribution in [2.45, 2.75) is 6.42 Å². The zero-order chi connectivity index (χ0) is 11.8. The van der Waals surface area contributed by atoms with Gasteiger partial charge in [0.05, 0.1) is 11.0 Å². The van der Waals surface area contributed by atoms with Gasteiger partial charge in [-0.25, -0.2) is 9.37 Å². The van der Waals surface area contributed by atoms with Gasteiger partial charge >= 0.3 is 0 Å². The van der Waals surface area contributed by atoms with Crippen molar-refractivity contribution in [2.24, 2.45) is 0 Å². The Bertz CT molecular complexity index is 668. The van der Waals surface area contributed by atoms with Crippen molar-refractivity contribution in [3.05, 3.63) is 35.9 Å². The van der Waals surface area contributed by atoms with Gasteiger partial charge in [-0.3, -0.25) is 4.40 Å². The van der Waals surface area contributed by atoms with E-state index in [0.717, 1.165) is 35.5 Å². The summed E-state index contributed by atoms with van der Waals surface area (Å²) in [6.45, 7) is 0.899. The Morgan fingerprint density at radius 2 is 2.35 bits per heavy atom. The molecule has 0 saturated heterocycles. The van der Waals surface area contributed by atoms with Gasteiger partial charge in [0.1, 0.15) is 5.82 Å². The third-order valence-electron chi connectivity index (χ3n) is 2.85. The summed E-state index contributed by atoms with van der Waals surface area (Å²) in [5.41, 5.74) is 2.69. The molecular formula is C12H13FN4. The molecule has 0 fully saturated rings. The summed E-state index contributed by atoms with van der Waals surface area (Å²) in [5.74, 6) is 0.522. The van der Waals surface area contributed by atoms with E-state index in [9.17, 15) is 4.39 Å². The number of fused-ring (bicyclic) bond motifs is 3. The third-order valence-corrected chi connectivity index (χ3v) is 2.85. The molecule has 4 nitrogen and oxygen atoms in total. The van der Waals surface area contributed by atoms with Crippen LogP contribution in [0, 0.1) is 5.82 Å². The maximum Gasteiger partial charge on any atom is 0.212 e. The molecule has 0 aliphatic rings. The first-order valence-corrected chi connectivity index (χ1v) is 5.58. The van der Waals surface area contributed by atoms with Crippen LogP contribution in [0.5, 0.6) is 0 Å². The molecule has 2 aromatic heterocycles. The summed E-state index contributed by atoms with van der Waals surface area (Å²) >= 11 is 0. The van der Waals surface area contributed by atoms with E-state index in [-0.39, 0.29) is 5.82 Å². The summed E-state index contributed by atoms with van der Waals surface area (Å²) in [7, 11) is 1.92. The van der Waals surface area contributed by atoms with Gasteiger partial charge in [0.2, 0.25) is 5.78 Å². The number of rotatable bonds is 3. The molecule has 3 rings (SSSR count). The summed E-state index contributed by atoms with van der Waals surface area (Å²) in [4.78, 5) is 7.63. The average Bonchev–Trinajstić information content (AvgIpc) is 2.84. The Labute approximate surface area is 97.5 Å². The van der Waals surface area contributed by atoms with Crippen molar-refractivity contribution >= 4 is 16.8 Å². The molecule has 0 radical (unpaired) electrons. The number of benzene rings is 1. The minimum Gasteiger partial charge on any atom is -0.327 e. The van der Waals surface area contributed by atoms with E-state index in [2.05, 4.69) is 15.3 Å². The molecule has 0 bridgehead atoms. The van der Waals surface area contributed by atoms with Gasteiger partial charge in [-0.05, 0) is 19.2 Å². The van der Waals surface area contributed by atoms with E-state index in [4.69, 9.17) is 0 Å². The molecular weight excluding hydrogens is 219 g/mol. The molecule has 2 heterocycles. The van der Waals surface area contributed by atoms with Gasteiger partial charge < -0.3 is 10.3 Å². The van der Waals surface area contributed by atoms with Crippen LogP contribution in [0.2, 0.25) is 0 Å². The van der Waals surface area contributed by atoms with Gasteiger partial charge in [0.25, 0.3) is 0 Å². The molecule has 0 saturated carbocycles. The number of likely N-dealkylation sites (N-methyl/N-ethyl adjacent to an activating group) is 1. The SMILES string of the molecule is CNCCc1cn2c(nc3ccc(F)cc32)[nH]1. The van der Waals surface area contributed by atoms with Crippen LogP contribution in [0.15, 0.2) is 24.4 Å². The van der Waals surface area contributed by atoms with Crippen LogP contribution in [0.1, 0.15) is 5.69 Å². The Morgan fingerprint density at radius 3 is 3.18 bits per heavy atom. The molecule has 0 spiro atoms. The third kappa shape index (κ3) is 1.68. The van der Waals surface area contributed by atoms with Gasteiger partial charge in [0, 0.05) is 30.9 Å². The van der Waals surface area contributed by atoms with Crippen molar-refractivity contribution in [1.29, 1.82) is 0 Å². The molecule has 0 aliphatic heterocycles. The topological polar surface area (TPSA) is 45.1 Å². The lowest BCUT2D eigenvalue weighted by Crippen LogP contribution is -2.10. The molecule has 0 atom stereocenters. The maximum atomic E-state index is 13.2. The zero-order valence-corrected chi connectivity index (χ0v) is 9.50. The highest BCUT2D eigenvalue weighted by Gasteiger charge is 2.08. The Hall–Kier alpha value is -1.88. The minimum atomic E-state index is -0.239. The van der Waals surface area contributed by atoms with Crippen LogP contribution >= 0.6 is 0 Å².